The molecule has 1 N–H and O–H groups in total. The summed E-state index contributed by atoms with van der Waals surface area (Å²) in [5, 5.41) is 10.5. The van der Waals surface area contributed by atoms with Crippen molar-refractivity contribution in [1.82, 2.24) is 0 Å². The van der Waals surface area contributed by atoms with Gasteiger partial charge in [0.1, 0.15) is 17.1 Å². The van der Waals surface area contributed by atoms with Crippen molar-refractivity contribution in [2.24, 2.45) is 0 Å². The zero-order valence-electron chi connectivity index (χ0n) is 16.8. The molecule has 0 bridgehead atoms. The van der Waals surface area contributed by atoms with Crippen LogP contribution in [0.3, 0.4) is 0 Å². The number of hydrogen-bond donors (Lipinski definition) is 1. The van der Waals surface area contributed by atoms with Crippen LogP contribution in [-0.2, 0) is 6.42 Å². The summed E-state index contributed by atoms with van der Waals surface area (Å²) in [7, 11) is 0. The summed E-state index contributed by atoms with van der Waals surface area (Å²) in [6, 6.07) is 14.1. The lowest BCUT2D eigenvalue weighted by molar-refractivity contribution is 0.426. The second-order valence-electron chi connectivity index (χ2n) is 7.30. The van der Waals surface area contributed by atoms with Gasteiger partial charge >= 0.3 is 5.63 Å². The fourth-order valence-corrected chi connectivity index (χ4v) is 4.38. The summed E-state index contributed by atoms with van der Waals surface area (Å²) in [5.74, 6) is 1.44. The maximum atomic E-state index is 12.6. The predicted molar refractivity (Wildman–Crippen MR) is 117 cm³/mol. The van der Waals surface area contributed by atoms with Gasteiger partial charge in [0.05, 0.1) is 0 Å². The average molecular weight is 395 g/mol. The molecule has 1 heterocycles. The van der Waals surface area contributed by atoms with Gasteiger partial charge in [0, 0.05) is 17.4 Å². The monoisotopic (exact) mass is 394 g/mol. The van der Waals surface area contributed by atoms with Gasteiger partial charge in [-0.2, -0.15) is 0 Å². The highest BCUT2D eigenvalue weighted by Gasteiger charge is 2.17. The second kappa shape index (κ2) is 8.70. The number of rotatable bonds is 6. The van der Waals surface area contributed by atoms with Crippen molar-refractivity contribution in [3.05, 3.63) is 80.9 Å². The summed E-state index contributed by atoms with van der Waals surface area (Å²) in [6.45, 7) is 7.99. The minimum absolute atomic E-state index is 0.00695. The highest BCUT2D eigenvalue weighted by Crippen LogP contribution is 2.33. The number of thioether (sulfide) groups is 1. The lowest BCUT2D eigenvalue weighted by atomic mass is 9.94. The van der Waals surface area contributed by atoms with Gasteiger partial charge < -0.3 is 9.52 Å². The summed E-state index contributed by atoms with van der Waals surface area (Å²) >= 11 is 1.78. The van der Waals surface area contributed by atoms with Crippen LogP contribution in [0, 0.1) is 27.7 Å². The van der Waals surface area contributed by atoms with Gasteiger partial charge in [-0.1, -0.05) is 35.4 Å². The first kappa shape index (κ1) is 20.3. The molecule has 3 aromatic rings. The van der Waals surface area contributed by atoms with E-state index in [2.05, 4.69) is 31.2 Å². The third kappa shape index (κ3) is 4.68. The third-order valence-electron chi connectivity index (χ3n) is 4.77. The van der Waals surface area contributed by atoms with E-state index < -0.39 is 5.63 Å². The largest absolute Gasteiger partial charge is 0.507 e. The Balaban J connectivity index is 1.72. The molecule has 0 spiro atoms. The van der Waals surface area contributed by atoms with E-state index in [1.165, 1.54) is 10.5 Å². The van der Waals surface area contributed by atoms with E-state index in [9.17, 15) is 9.90 Å². The van der Waals surface area contributed by atoms with Gasteiger partial charge in [0.15, 0.2) is 0 Å². The van der Waals surface area contributed by atoms with Crippen molar-refractivity contribution in [3.8, 4) is 16.9 Å². The number of hydrogen-bond acceptors (Lipinski definition) is 4. The van der Waals surface area contributed by atoms with Crippen LogP contribution in [0.4, 0.5) is 0 Å². The third-order valence-corrected chi connectivity index (χ3v) is 5.86. The molecule has 146 valence electrons. The topological polar surface area (TPSA) is 50.4 Å². The van der Waals surface area contributed by atoms with E-state index in [1.807, 2.05) is 32.9 Å². The molecular weight excluding hydrogens is 368 g/mol. The Morgan fingerprint density at radius 3 is 2.14 bits per heavy atom. The van der Waals surface area contributed by atoms with Crippen LogP contribution in [0.15, 0.2) is 56.6 Å². The van der Waals surface area contributed by atoms with Crippen molar-refractivity contribution in [3.63, 3.8) is 0 Å². The van der Waals surface area contributed by atoms with Crippen molar-refractivity contribution in [1.29, 1.82) is 0 Å². The molecule has 0 aliphatic rings. The summed E-state index contributed by atoms with van der Waals surface area (Å²) < 4.78 is 5.53. The van der Waals surface area contributed by atoms with E-state index in [0.717, 1.165) is 34.4 Å². The molecule has 28 heavy (non-hydrogen) atoms. The number of aromatic hydroxyl groups is 1. The van der Waals surface area contributed by atoms with Gasteiger partial charge in [-0.05, 0) is 68.7 Å². The van der Waals surface area contributed by atoms with E-state index in [0.29, 0.717) is 12.2 Å². The van der Waals surface area contributed by atoms with Crippen LogP contribution in [0.2, 0.25) is 0 Å². The predicted octanol–water partition coefficient (Wildman–Crippen LogP) is 5.97. The van der Waals surface area contributed by atoms with Crippen molar-refractivity contribution >= 4 is 11.8 Å². The van der Waals surface area contributed by atoms with Gasteiger partial charge in [-0.25, -0.2) is 4.79 Å². The molecule has 0 atom stereocenters. The number of aryl methyl sites for hydroxylation is 5. The van der Waals surface area contributed by atoms with Crippen LogP contribution >= 0.6 is 11.8 Å². The van der Waals surface area contributed by atoms with Crippen molar-refractivity contribution in [2.75, 3.05) is 5.75 Å². The second-order valence-corrected chi connectivity index (χ2v) is 8.47. The zero-order valence-corrected chi connectivity index (χ0v) is 17.7. The molecule has 0 radical (unpaired) electrons. The molecular formula is C24H26O3S. The molecule has 0 amide bonds. The van der Waals surface area contributed by atoms with Crippen LogP contribution in [-0.4, -0.2) is 10.9 Å². The molecule has 1 aromatic heterocycles. The SMILES string of the molecule is Cc1ccc(SCCCc2cc(O)c(-c3c(C)cc(C)cc3C)c(=O)o2)cc1. The van der Waals surface area contributed by atoms with Crippen molar-refractivity contribution in [2.45, 2.75) is 45.4 Å². The Morgan fingerprint density at radius 1 is 0.893 bits per heavy atom. The first-order valence-electron chi connectivity index (χ1n) is 9.49. The molecule has 2 aromatic carbocycles. The fourth-order valence-electron chi connectivity index (χ4n) is 3.53. The Hall–Kier alpha value is -2.46. The van der Waals surface area contributed by atoms with E-state index >= 15 is 0 Å². The highest BCUT2D eigenvalue weighted by atomic mass is 32.2. The Labute approximate surface area is 170 Å². The van der Waals surface area contributed by atoms with Gasteiger partial charge in [-0.3, -0.25) is 0 Å². The maximum Gasteiger partial charge on any atom is 0.347 e. The lowest BCUT2D eigenvalue weighted by Crippen LogP contribution is -2.08. The van der Waals surface area contributed by atoms with Crippen LogP contribution in [0.25, 0.3) is 11.1 Å². The van der Waals surface area contributed by atoms with E-state index in [4.69, 9.17) is 4.42 Å². The molecule has 3 rings (SSSR count). The van der Waals surface area contributed by atoms with Gasteiger partial charge in [0.2, 0.25) is 0 Å². The van der Waals surface area contributed by atoms with Crippen LogP contribution in [0.5, 0.6) is 5.75 Å². The molecule has 3 nitrogen and oxygen atoms in total. The highest BCUT2D eigenvalue weighted by molar-refractivity contribution is 7.99. The smallest absolute Gasteiger partial charge is 0.347 e. The first-order chi connectivity index (χ1) is 13.3. The summed E-state index contributed by atoms with van der Waals surface area (Å²) in [5.41, 5.74) is 4.85. The molecule has 0 aliphatic carbocycles. The molecule has 0 fully saturated rings. The normalized spacial score (nSPS) is 11.0. The molecule has 4 heteroatoms. The summed E-state index contributed by atoms with van der Waals surface area (Å²) in [4.78, 5) is 13.8. The minimum atomic E-state index is -0.476. The Kier molecular flexibility index (Phi) is 6.30. The lowest BCUT2D eigenvalue weighted by Gasteiger charge is -2.12. The number of benzene rings is 2. The first-order valence-corrected chi connectivity index (χ1v) is 10.5. The Bertz CT molecular complexity index is 1010. The Morgan fingerprint density at radius 2 is 1.54 bits per heavy atom. The molecule has 0 saturated heterocycles. The zero-order chi connectivity index (χ0) is 20.3. The van der Waals surface area contributed by atoms with Crippen LogP contribution in [0.1, 0.15) is 34.4 Å². The van der Waals surface area contributed by atoms with E-state index in [-0.39, 0.29) is 11.3 Å². The standard InChI is InChI=1S/C24H26O3S/c1-15-7-9-20(10-8-15)28-11-5-6-19-14-21(25)23(24(26)27-19)22-17(3)12-16(2)13-18(22)4/h7-10,12-14,25H,5-6,11H2,1-4H3. The van der Waals surface area contributed by atoms with Crippen molar-refractivity contribution < 1.29 is 9.52 Å². The quantitative estimate of drug-likeness (QED) is 0.413. The molecule has 0 unspecified atom stereocenters. The molecule has 0 aliphatic heterocycles. The van der Waals surface area contributed by atoms with E-state index in [1.54, 1.807) is 17.8 Å². The minimum Gasteiger partial charge on any atom is -0.507 e. The maximum absolute atomic E-state index is 12.6. The fraction of sp³-hybridized carbons (Fsp3) is 0.292. The van der Waals surface area contributed by atoms with Crippen LogP contribution < -0.4 is 5.63 Å². The van der Waals surface area contributed by atoms with Gasteiger partial charge in [0.25, 0.3) is 0 Å². The summed E-state index contributed by atoms with van der Waals surface area (Å²) in [6.07, 6.45) is 1.48. The average Bonchev–Trinajstić information content (AvgIpc) is 2.62. The van der Waals surface area contributed by atoms with Gasteiger partial charge in [-0.15, -0.1) is 11.8 Å². The molecule has 0 saturated carbocycles.